The molecule has 10 heteroatoms. The highest BCUT2D eigenvalue weighted by molar-refractivity contribution is 7.92. The lowest BCUT2D eigenvalue weighted by Gasteiger charge is -2.41. The topological polar surface area (TPSA) is 79.4 Å². The molecule has 1 amide bonds. The van der Waals surface area contributed by atoms with Crippen LogP contribution in [0.25, 0.3) is 0 Å². The Morgan fingerprint density at radius 3 is 2.41 bits per heavy atom. The highest BCUT2D eigenvalue weighted by Crippen LogP contribution is 2.35. The van der Waals surface area contributed by atoms with E-state index in [1.807, 2.05) is 6.92 Å². The summed E-state index contributed by atoms with van der Waals surface area (Å²) in [5, 5.41) is 4.24. The molecule has 0 aromatic carbocycles. The molecule has 1 unspecified atom stereocenters. The fourth-order valence-corrected chi connectivity index (χ4v) is 6.34. The second kappa shape index (κ2) is 9.39. The lowest BCUT2D eigenvalue weighted by molar-refractivity contribution is -0.136. The number of thiazole rings is 1. The number of aryl methyl sites for hydroxylation is 2. The Balaban J connectivity index is 0.00000182. The zero-order valence-corrected chi connectivity index (χ0v) is 19.3. The summed E-state index contributed by atoms with van der Waals surface area (Å²) in [6.45, 7) is 6.44. The van der Waals surface area contributed by atoms with E-state index in [0.717, 1.165) is 23.5 Å². The predicted octanol–water partition coefficient (Wildman–Crippen LogP) is 2.48. The average molecular weight is 458 g/mol. The Bertz CT molecular complexity index is 742. The molecule has 0 aliphatic carbocycles. The molecule has 0 radical (unpaired) electrons. The summed E-state index contributed by atoms with van der Waals surface area (Å²) in [6.07, 6.45) is 3.84. The van der Waals surface area contributed by atoms with E-state index in [1.54, 1.807) is 16.2 Å². The normalized spacial score (nSPS) is 22.5. The van der Waals surface area contributed by atoms with Crippen molar-refractivity contribution in [2.24, 2.45) is 0 Å². The number of sulfone groups is 1. The van der Waals surface area contributed by atoms with Crippen molar-refractivity contribution in [1.82, 2.24) is 15.2 Å². The maximum absolute atomic E-state index is 13.3. The van der Waals surface area contributed by atoms with Crippen molar-refractivity contribution in [3.05, 3.63) is 15.6 Å². The Morgan fingerprint density at radius 1 is 1.26 bits per heavy atom. The minimum absolute atomic E-state index is 0. The Labute approximate surface area is 178 Å². The zero-order chi connectivity index (χ0) is 18.2. The van der Waals surface area contributed by atoms with Gasteiger partial charge in [0.2, 0.25) is 5.91 Å². The number of nitrogens with one attached hydrogen (secondary N) is 1. The maximum atomic E-state index is 13.3. The standard InChI is InChI=1S/C17H27N3O3S2.2ClH/c1-12-13(2)24-15(19-12)14-5-4-10-20(11-14)16(21)17(25(3,22)23)6-8-18-9-7-17;;/h14,18H,4-11H2,1-3H3;2*1H. The number of hydrogen-bond donors (Lipinski definition) is 1. The van der Waals surface area contributed by atoms with Crippen LogP contribution in [0.5, 0.6) is 0 Å². The van der Waals surface area contributed by atoms with Crippen molar-refractivity contribution in [2.45, 2.75) is 50.2 Å². The summed E-state index contributed by atoms with van der Waals surface area (Å²) in [4.78, 5) is 20.9. The van der Waals surface area contributed by atoms with Gasteiger partial charge in [-0.3, -0.25) is 4.79 Å². The van der Waals surface area contributed by atoms with Crippen LogP contribution >= 0.6 is 36.2 Å². The highest BCUT2D eigenvalue weighted by Gasteiger charge is 2.51. The van der Waals surface area contributed by atoms with Gasteiger partial charge in [0, 0.05) is 30.1 Å². The Kier molecular flexibility index (Phi) is 8.57. The number of hydrogen-bond acceptors (Lipinski definition) is 6. The first-order valence-electron chi connectivity index (χ1n) is 8.88. The minimum Gasteiger partial charge on any atom is -0.341 e. The molecular weight excluding hydrogens is 429 g/mol. The van der Waals surface area contributed by atoms with E-state index >= 15 is 0 Å². The largest absolute Gasteiger partial charge is 0.341 e. The van der Waals surface area contributed by atoms with E-state index in [-0.39, 0.29) is 36.6 Å². The second-order valence-electron chi connectivity index (χ2n) is 7.30. The van der Waals surface area contributed by atoms with E-state index in [2.05, 4.69) is 17.2 Å². The molecule has 0 saturated carbocycles. The maximum Gasteiger partial charge on any atom is 0.244 e. The summed E-state index contributed by atoms with van der Waals surface area (Å²) < 4.78 is 23.8. The van der Waals surface area contributed by atoms with Gasteiger partial charge in [-0.2, -0.15) is 0 Å². The van der Waals surface area contributed by atoms with Gasteiger partial charge in [-0.1, -0.05) is 0 Å². The molecule has 3 rings (SSSR count). The van der Waals surface area contributed by atoms with Crippen LogP contribution in [0.15, 0.2) is 0 Å². The lowest BCUT2D eigenvalue weighted by atomic mass is 9.92. The van der Waals surface area contributed by atoms with E-state index in [1.165, 1.54) is 11.1 Å². The summed E-state index contributed by atoms with van der Waals surface area (Å²) in [6, 6.07) is 0. The van der Waals surface area contributed by atoms with E-state index in [0.29, 0.717) is 39.0 Å². The molecule has 2 aliphatic heterocycles. The molecule has 1 aromatic heterocycles. The van der Waals surface area contributed by atoms with Crippen molar-refractivity contribution < 1.29 is 13.2 Å². The van der Waals surface area contributed by atoms with Gasteiger partial charge in [-0.15, -0.1) is 36.2 Å². The van der Waals surface area contributed by atoms with Crippen LogP contribution in [0.3, 0.4) is 0 Å². The number of likely N-dealkylation sites (tertiary alicyclic amines) is 1. The summed E-state index contributed by atoms with van der Waals surface area (Å²) in [5.41, 5.74) is 1.05. The molecule has 1 atom stereocenters. The van der Waals surface area contributed by atoms with Gasteiger partial charge < -0.3 is 10.2 Å². The second-order valence-corrected chi connectivity index (χ2v) is 10.9. The van der Waals surface area contributed by atoms with Gasteiger partial charge in [0.15, 0.2) is 14.6 Å². The van der Waals surface area contributed by atoms with Gasteiger partial charge in [-0.05, 0) is 52.6 Å². The van der Waals surface area contributed by atoms with Gasteiger partial charge in [0.1, 0.15) is 0 Å². The van der Waals surface area contributed by atoms with Crippen LogP contribution in [-0.2, 0) is 14.6 Å². The SMILES string of the molecule is Cc1nc(C2CCCN(C(=O)C3(S(C)(=O)=O)CCNCC3)C2)sc1C.Cl.Cl. The third-order valence-electron chi connectivity index (χ3n) is 5.61. The number of carbonyl (C=O) groups is 1. The van der Waals surface area contributed by atoms with Crippen LogP contribution in [-0.4, -0.2) is 61.4 Å². The molecule has 6 nitrogen and oxygen atoms in total. The number of nitrogens with zero attached hydrogens (tertiary/aromatic N) is 2. The fourth-order valence-electron chi connectivity index (χ4n) is 3.90. The fraction of sp³-hybridized carbons (Fsp3) is 0.765. The van der Waals surface area contributed by atoms with Crippen molar-refractivity contribution in [2.75, 3.05) is 32.4 Å². The number of piperidine rings is 2. The van der Waals surface area contributed by atoms with E-state index in [4.69, 9.17) is 0 Å². The lowest BCUT2D eigenvalue weighted by Crippen LogP contribution is -2.59. The number of carbonyl (C=O) groups excluding carboxylic acids is 1. The summed E-state index contributed by atoms with van der Waals surface area (Å²) >= 11 is 1.70. The van der Waals surface area contributed by atoms with Crippen molar-refractivity contribution >= 4 is 51.9 Å². The quantitative estimate of drug-likeness (QED) is 0.753. The molecule has 0 spiro atoms. The summed E-state index contributed by atoms with van der Waals surface area (Å²) in [5.74, 6) is 0.0135. The Morgan fingerprint density at radius 2 is 1.89 bits per heavy atom. The first kappa shape index (κ1) is 24.6. The number of rotatable bonds is 3. The molecule has 156 valence electrons. The minimum atomic E-state index is -3.47. The number of aromatic nitrogens is 1. The van der Waals surface area contributed by atoms with Crippen LogP contribution in [0.1, 0.15) is 47.2 Å². The third kappa shape index (κ3) is 4.78. The van der Waals surface area contributed by atoms with Gasteiger partial charge in [-0.25, -0.2) is 13.4 Å². The van der Waals surface area contributed by atoms with E-state index in [9.17, 15) is 13.2 Å². The van der Waals surface area contributed by atoms with Crippen LogP contribution < -0.4 is 5.32 Å². The Hall–Kier alpha value is -0.410. The van der Waals surface area contributed by atoms with Crippen molar-refractivity contribution in [3.63, 3.8) is 0 Å². The number of halogens is 2. The molecule has 1 N–H and O–H groups in total. The van der Waals surface area contributed by atoms with Crippen LogP contribution in [0, 0.1) is 13.8 Å². The third-order valence-corrected chi connectivity index (χ3v) is 8.85. The molecule has 2 aliphatic rings. The van der Waals surface area contributed by atoms with E-state index < -0.39 is 14.6 Å². The van der Waals surface area contributed by atoms with Gasteiger partial charge in [0.05, 0.1) is 10.7 Å². The number of amides is 1. The first-order chi connectivity index (χ1) is 11.7. The highest BCUT2D eigenvalue weighted by atomic mass is 35.5. The molecule has 1 aromatic rings. The smallest absolute Gasteiger partial charge is 0.244 e. The molecule has 27 heavy (non-hydrogen) atoms. The molecule has 0 bridgehead atoms. The van der Waals surface area contributed by atoms with Gasteiger partial charge >= 0.3 is 0 Å². The molecule has 2 fully saturated rings. The molecular formula is C17H29Cl2N3O3S2. The molecule has 2 saturated heterocycles. The summed E-state index contributed by atoms with van der Waals surface area (Å²) in [7, 11) is -3.47. The van der Waals surface area contributed by atoms with Crippen molar-refractivity contribution in [3.8, 4) is 0 Å². The van der Waals surface area contributed by atoms with Crippen LogP contribution in [0.4, 0.5) is 0 Å². The average Bonchev–Trinajstić information content (AvgIpc) is 2.93. The molecule has 3 heterocycles. The monoisotopic (exact) mass is 457 g/mol. The van der Waals surface area contributed by atoms with Crippen LogP contribution in [0.2, 0.25) is 0 Å². The van der Waals surface area contributed by atoms with Crippen molar-refractivity contribution in [1.29, 1.82) is 0 Å². The predicted molar refractivity (Wildman–Crippen MR) is 114 cm³/mol. The first-order valence-corrected chi connectivity index (χ1v) is 11.6. The van der Waals surface area contributed by atoms with Gasteiger partial charge in [0.25, 0.3) is 0 Å². The zero-order valence-electron chi connectivity index (χ0n) is 16.0.